The van der Waals surface area contributed by atoms with Gasteiger partial charge in [-0.1, -0.05) is 6.07 Å². The number of carbonyl (C=O) groups excluding carboxylic acids is 1. The molecule has 0 bridgehead atoms. The molecule has 2 N–H and O–H groups in total. The van der Waals surface area contributed by atoms with Gasteiger partial charge in [0.2, 0.25) is 0 Å². The van der Waals surface area contributed by atoms with Gasteiger partial charge < -0.3 is 10.5 Å². The Kier molecular flexibility index (Phi) is 3.42. The lowest BCUT2D eigenvalue weighted by Gasteiger charge is -2.37. The van der Waals surface area contributed by atoms with Crippen LogP contribution in [-0.4, -0.2) is 18.7 Å². The molecular formula is C16H22N2O2. The molecule has 20 heavy (non-hydrogen) atoms. The van der Waals surface area contributed by atoms with Crippen LogP contribution in [0.25, 0.3) is 0 Å². The van der Waals surface area contributed by atoms with E-state index < -0.39 is 0 Å². The average molecular weight is 274 g/mol. The molecule has 1 aromatic rings. The number of amides is 1. The molecule has 1 aromatic carbocycles. The van der Waals surface area contributed by atoms with Crippen molar-refractivity contribution in [2.45, 2.75) is 51.6 Å². The first kappa shape index (κ1) is 13.4. The minimum Gasteiger partial charge on any atom is -0.449 e. The van der Waals surface area contributed by atoms with E-state index in [-0.39, 0.29) is 18.2 Å². The van der Waals surface area contributed by atoms with E-state index in [1.807, 2.05) is 13.8 Å². The van der Waals surface area contributed by atoms with Gasteiger partial charge >= 0.3 is 6.09 Å². The number of hydrogen-bond acceptors (Lipinski definition) is 3. The van der Waals surface area contributed by atoms with Crippen LogP contribution in [0.2, 0.25) is 0 Å². The third-order valence-electron chi connectivity index (χ3n) is 4.40. The Morgan fingerprint density at radius 2 is 2.10 bits per heavy atom. The second kappa shape index (κ2) is 5.09. The Morgan fingerprint density at radius 1 is 1.40 bits per heavy atom. The molecule has 0 radical (unpaired) electrons. The van der Waals surface area contributed by atoms with E-state index in [0.717, 1.165) is 30.5 Å². The predicted molar refractivity (Wildman–Crippen MR) is 79.0 cm³/mol. The largest absolute Gasteiger partial charge is 0.449 e. The maximum absolute atomic E-state index is 12.2. The van der Waals surface area contributed by atoms with Crippen molar-refractivity contribution in [3.8, 4) is 0 Å². The summed E-state index contributed by atoms with van der Waals surface area (Å²) in [7, 11) is 0. The van der Waals surface area contributed by atoms with E-state index in [0.29, 0.717) is 6.61 Å². The average Bonchev–Trinajstić information content (AvgIpc) is 2.84. The Bertz CT molecular complexity index is 542. The highest BCUT2D eigenvalue weighted by molar-refractivity contribution is 5.90. The molecule has 1 amide bonds. The summed E-state index contributed by atoms with van der Waals surface area (Å²) < 4.78 is 5.21. The van der Waals surface area contributed by atoms with Crippen molar-refractivity contribution >= 4 is 11.8 Å². The maximum atomic E-state index is 12.2. The summed E-state index contributed by atoms with van der Waals surface area (Å²) in [5.74, 6) is 0. The molecule has 4 heteroatoms. The Balaban J connectivity index is 2.06. The highest BCUT2D eigenvalue weighted by Crippen LogP contribution is 2.40. The fourth-order valence-electron chi connectivity index (χ4n) is 3.44. The lowest BCUT2D eigenvalue weighted by Crippen LogP contribution is -2.45. The second-order valence-corrected chi connectivity index (χ2v) is 5.79. The van der Waals surface area contributed by atoms with E-state index in [1.165, 1.54) is 17.5 Å². The number of anilines is 1. The minimum absolute atomic E-state index is 0.0107. The van der Waals surface area contributed by atoms with Crippen LogP contribution >= 0.6 is 0 Å². The van der Waals surface area contributed by atoms with Crippen molar-refractivity contribution in [3.05, 3.63) is 28.8 Å². The standard InChI is InChI=1S/C16H22N2O2/c1-3-20-16(19)18-10(2)7-14(17)13-8-11-5-4-6-12(11)9-15(13)18/h8-10,14H,3-7,17H2,1-2H3/t10-,14+/m0/s1. The molecule has 2 aliphatic rings. The van der Waals surface area contributed by atoms with Crippen LogP contribution < -0.4 is 10.6 Å². The van der Waals surface area contributed by atoms with Gasteiger partial charge in [-0.25, -0.2) is 4.79 Å². The van der Waals surface area contributed by atoms with Crippen molar-refractivity contribution in [2.24, 2.45) is 5.73 Å². The molecule has 0 fully saturated rings. The van der Waals surface area contributed by atoms with Crippen molar-refractivity contribution in [3.63, 3.8) is 0 Å². The van der Waals surface area contributed by atoms with Gasteiger partial charge in [0, 0.05) is 12.1 Å². The second-order valence-electron chi connectivity index (χ2n) is 5.79. The molecule has 0 aromatic heterocycles. The fourth-order valence-corrected chi connectivity index (χ4v) is 3.44. The summed E-state index contributed by atoms with van der Waals surface area (Å²) in [5.41, 5.74) is 11.1. The number of benzene rings is 1. The first-order valence-electron chi connectivity index (χ1n) is 7.49. The third-order valence-corrected chi connectivity index (χ3v) is 4.40. The number of carbonyl (C=O) groups is 1. The number of ether oxygens (including phenoxy) is 1. The highest BCUT2D eigenvalue weighted by Gasteiger charge is 2.34. The lowest BCUT2D eigenvalue weighted by molar-refractivity contribution is 0.156. The van der Waals surface area contributed by atoms with Crippen LogP contribution in [0.15, 0.2) is 12.1 Å². The van der Waals surface area contributed by atoms with Crippen LogP contribution in [0.3, 0.4) is 0 Å². The zero-order chi connectivity index (χ0) is 14.3. The minimum atomic E-state index is -0.258. The van der Waals surface area contributed by atoms with E-state index in [2.05, 4.69) is 12.1 Å². The molecular weight excluding hydrogens is 252 g/mol. The summed E-state index contributed by atoms with van der Waals surface area (Å²) >= 11 is 0. The number of fused-ring (bicyclic) bond motifs is 2. The lowest BCUT2D eigenvalue weighted by atomic mass is 9.90. The quantitative estimate of drug-likeness (QED) is 0.856. The third kappa shape index (κ3) is 2.08. The molecule has 0 saturated heterocycles. The smallest absolute Gasteiger partial charge is 0.414 e. The molecule has 1 heterocycles. The molecule has 0 spiro atoms. The first-order valence-corrected chi connectivity index (χ1v) is 7.49. The zero-order valence-corrected chi connectivity index (χ0v) is 12.2. The van der Waals surface area contributed by atoms with E-state index >= 15 is 0 Å². The molecule has 2 atom stereocenters. The normalized spacial score (nSPS) is 24.2. The Labute approximate surface area is 119 Å². The SMILES string of the molecule is CCOC(=O)N1c2cc3c(cc2[C@H](N)C[C@@H]1C)CCC3. The molecule has 4 nitrogen and oxygen atoms in total. The number of hydrogen-bond donors (Lipinski definition) is 1. The molecule has 0 saturated carbocycles. The maximum Gasteiger partial charge on any atom is 0.414 e. The Hall–Kier alpha value is -1.55. The van der Waals surface area contributed by atoms with E-state index in [1.54, 1.807) is 4.90 Å². The van der Waals surface area contributed by atoms with E-state index in [4.69, 9.17) is 10.5 Å². The fraction of sp³-hybridized carbons (Fsp3) is 0.562. The van der Waals surface area contributed by atoms with Crippen LogP contribution in [-0.2, 0) is 17.6 Å². The first-order chi connectivity index (χ1) is 9.61. The molecule has 0 unspecified atom stereocenters. The highest BCUT2D eigenvalue weighted by atomic mass is 16.6. The van der Waals surface area contributed by atoms with Gasteiger partial charge in [-0.15, -0.1) is 0 Å². The number of nitrogens with two attached hydrogens (primary N) is 1. The van der Waals surface area contributed by atoms with Gasteiger partial charge in [0.1, 0.15) is 0 Å². The summed E-state index contributed by atoms with van der Waals surface area (Å²) in [5, 5.41) is 0. The van der Waals surface area contributed by atoms with Crippen molar-refractivity contribution < 1.29 is 9.53 Å². The number of nitrogens with zero attached hydrogens (tertiary/aromatic N) is 1. The summed E-state index contributed by atoms with van der Waals surface area (Å²) in [4.78, 5) is 14.0. The molecule has 1 aliphatic heterocycles. The van der Waals surface area contributed by atoms with Gasteiger partial charge in [0.25, 0.3) is 0 Å². The van der Waals surface area contributed by atoms with Gasteiger partial charge in [0.15, 0.2) is 0 Å². The van der Waals surface area contributed by atoms with Crippen LogP contribution in [0.4, 0.5) is 10.5 Å². The molecule has 3 rings (SSSR count). The summed E-state index contributed by atoms with van der Waals surface area (Å²) in [6, 6.07) is 4.46. The Morgan fingerprint density at radius 3 is 2.80 bits per heavy atom. The van der Waals surface area contributed by atoms with Gasteiger partial charge in [0.05, 0.1) is 12.3 Å². The number of aryl methyl sites for hydroxylation is 2. The van der Waals surface area contributed by atoms with Crippen molar-refractivity contribution in [1.82, 2.24) is 0 Å². The summed E-state index contributed by atoms with van der Waals surface area (Å²) in [6.45, 7) is 4.27. The molecule has 108 valence electrons. The zero-order valence-electron chi connectivity index (χ0n) is 12.2. The van der Waals surface area contributed by atoms with Gasteiger partial charge in [-0.3, -0.25) is 4.90 Å². The van der Waals surface area contributed by atoms with Crippen molar-refractivity contribution in [1.29, 1.82) is 0 Å². The van der Waals surface area contributed by atoms with Crippen LogP contribution in [0.1, 0.15) is 49.4 Å². The molecule has 1 aliphatic carbocycles. The van der Waals surface area contributed by atoms with E-state index in [9.17, 15) is 4.79 Å². The van der Waals surface area contributed by atoms with Crippen LogP contribution in [0.5, 0.6) is 0 Å². The monoisotopic (exact) mass is 274 g/mol. The topological polar surface area (TPSA) is 55.6 Å². The number of rotatable bonds is 1. The van der Waals surface area contributed by atoms with Crippen LogP contribution in [0, 0.1) is 0 Å². The predicted octanol–water partition coefficient (Wildman–Crippen LogP) is 2.93. The summed E-state index contributed by atoms with van der Waals surface area (Å²) in [6.07, 6.45) is 3.95. The van der Waals surface area contributed by atoms with Crippen molar-refractivity contribution in [2.75, 3.05) is 11.5 Å². The van der Waals surface area contributed by atoms with Gasteiger partial charge in [-0.05, 0) is 62.3 Å². The van der Waals surface area contributed by atoms with Gasteiger partial charge in [-0.2, -0.15) is 0 Å².